The maximum Gasteiger partial charge on any atom is 0.244 e. The minimum atomic E-state index is 0.130. The lowest BCUT2D eigenvalue weighted by Gasteiger charge is -2.05. The zero-order chi connectivity index (χ0) is 11.5. The SMILES string of the molecule is C=C(C)CCOc1nc(Cl)nc2nc[nH]c12. The zero-order valence-corrected chi connectivity index (χ0v) is 9.58. The van der Waals surface area contributed by atoms with Gasteiger partial charge in [-0.15, -0.1) is 6.58 Å². The molecule has 0 aliphatic carbocycles. The third kappa shape index (κ3) is 2.30. The van der Waals surface area contributed by atoms with Crippen LogP contribution in [0.15, 0.2) is 18.5 Å². The molecule has 0 fully saturated rings. The highest BCUT2D eigenvalue weighted by molar-refractivity contribution is 6.28. The molecule has 2 aromatic rings. The van der Waals surface area contributed by atoms with Crippen LogP contribution >= 0.6 is 11.6 Å². The Bertz CT molecular complexity index is 523. The predicted molar refractivity (Wildman–Crippen MR) is 61.6 cm³/mol. The van der Waals surface area contributed by atoms with Gasteiger partial charge in [-0.1, -0.05) is 5.57 Å². The molecule has 5 nitrogen and oxygen atoms in total. The maximum atomic E-state index is 5.75. The summed E-state index contributed by atoms with van der Waals surface area (Å²) in [5.74, 6) is 0.425. The molecular formula is C10H11ClN4O. The van der Waals surface area contributed by atoms with Crippen LogP contribution in [0.3, 0.4) is 0 Å². The molecule has 0 atom stereocenters. The van der Waals surface area contributed by atoms with E-state index in [1.54, 1.807) is 0 Å². The van der Waals surface area contributed by atoms with Gasteiger partial charge in [0.1, 0.15) is 5.52 Å². The average molecular weight is 239 g/mol. The summed E-state index contributed by atoms with van der Waals surface area (Å²) in [6.45, 7) is 6.25. The summed E-state index contributed by atoms with van der Waals surface area (Å²) in [6.07, 6.45) is 2.30. The molecule has 0 aliphatic heterocycles. The third-order valence-electron chi connectivity index (χ3n) is 1.99. The number of hydrogen-bond donors (Lipinski definition) is 1. The van der Waals surface area contributed by atoms with Crippen molar-refractivity contribution >= 4 is 22.8 Å². The number of halogens is 1. The normalized spacial score (nSPS) is 10.6. The molecular weight excluding hydrogens is 228 g/mol. The molecule has 0 amide bonds. The molecule has 84 valence electrons. The van der Waals surface area contributed by atoms with Gasteiger partial charge in [-0.3, -0.25) is 0 Å². The molecule has 6 heteroatoms. The highest BCUT2D eigenvalue weighted by atomic mass is 35.5. The number of hydrogen-bond acceptors (Lipinski definition) is 4. The zero-order valence-electron chi connectivity index (χ0n) is 8.83. The van der Waals surface area contributed by atoms with Gasteiger partial charge >= 0.3 is 0 Å². The molecule has 1 N–H and O–H groups in total. The Morgan fingerprint density at radius 1 is 1.56 bits per heavy atom. The number of ether oxygens (including phenoxy) is 1. The molecule has 0 saturated heterocycles. The lowest BCUT2D eigenvalue weighted by atomic mass is 10.3. The highest BCUT2D eigenvalue weighted by Gasteiger charge is 2.09. The molecule has 0 aromatic carbocycles. The maximum absolute atomic E-state index is 5.75. The molecule has 0 bridgehead atoms. The first kappa shape index (κ1) is 10.9. The van der Waals surface area contributed by atoms with E-state index in [4.69, 9.17) is 16.3 Å². The van der Waals surface area contributed by atoms with Crippen LogP contribution in [0.4, 0.5) is 0 Å². The number of rotatable bonds is 4. The molecule has 2 rings (SSSR count). The predicted octanol–water partition coefficient (Wildman–Crippen LogP) is 2.35. The molecule has 0 aliphatic rings. The molecule has 2 heterocycles. The van der Waals surface area contributed by atoms with E-state index in [2.05, 4.69) is 26.5 Å². The molecule has 16 heavy (non-hydrogen) atoms. The van der Waals surface area contributed by atoms with Crippen LogP contribution in [0.2, 0.25) is 5.28 Å². The summed E-state index contributed by atoms with van der Waals surface area (Å²) in [5.41, 5.74) is 2.22. The van der Waals surface area contributed by atoms with E-state index in [0.717, 1.165) is 12.0 Å². The van der Waals surface area contributed by atoms with Crippen molar-refractivity contribution in [2.75, 3.05) is 6.61 Å². The van der Waals surface area contributed by atoms with E-state index in [-0.39, 0.29) is 5.28 Å². The number of fused-ring (bicyclic) bond motifs is 1. The molecule has 0 saturated carbocycles. The average Bonchev–Trinajstić information content (AvgIpc) is 2.64. The second-order valence-electron chi connectivity index (χ2n) is 3.45. The van der Waals surface area contributed by atoms with Crippen molar-refractivity contribution in [3.63, 3.8) is 0 Å². The second-order valence-corrected chi connectivity index (χ2v) is 3.79. The molecule has 0 unspecified atom stereocenters. The number of H-pyrrole nitrogens is 1. The second kappa shape index (κ2) is 4.49. The Kier molecular flexibility index (Phi) is 3.05. The molecule has 2 aromatic heterocycles. The fourth-order valence-electron chi connectivity index (χ4n) is 1.21. The third-order valence-corrected chi connectivity index (χ3v) is 2.16. The van der Waals surface area contributed by atoms with Gasteiger partial charge in [0, 0.05) is 6.42 Å². The first-order chi connectivity index (χ1) is 7.66. The summed E-state index contributed by atoms with van der Waals surface area (Å²) in [6, 6.07) is 0. The van der Waals surface area contributed by atoms with Crippen LogP contribution in [0, 0.1) is 0 Å². The summed E-state index contributed by atoms with van der Waals surface area (Å²) in [7, 11) is 0. The van der Waals surface area contributed by atoms with Crippen molar-refractivity contribution in [3.05, 3.63) is 23.8 Å². The summed E-state index contributed by atoms with van der Waals surface area (Å²) >= 11 is 5.75. The van der Waals surface area contributed by atoms with Crippen LogP contribution in [0.5, 0.6) is 5.88 Å². The lowest BCUT2D eigenvalue weighted by molar-refractivity contribution is 0.312. The van der Waals surface area contributed by atoms with Crippen LogP contribution < -0.4 is 4.74 Å². The van der Waals surface area contributed by atoms with Gasteiger partial charge in [-0.05, 0) is 18.5 Å². The van der Waals surface area contributed by atoms with E-state index in [0.29, 0.717) is 23.7 Å². The molecule has 0 radical (unpaired) electrons. The van der Waals surface area contributed by atoms with Gasteiger partial charge in [-0.2, -0.15) is 9.97 Å². The van der Waals surface area contributed by atoms with Crippen molar-refractivity contribution in [3.8, 4) is 5.88 Å². The van der Waals surface area contributed by atoms with Gasteiger partial charge in [-0.25, -0.2) is 4.98 Å². The molecule has 0 spiro atoms. The van der Waals surface area contributed by atoms with Crippen molar-refractivity contribution in [1.82, 2.24) is 19.9 Å². The fraction of sp³-hybridized carbons (Fsp3) is 0.300. The Balaban J connectivity index is 2.22. The smallest absolute Gasteiger partial charge is 0.244 e. The Morgan fingerprint density at radius 3 is 3.12 bits per heavy atom. The van der Waals surface area contributed by atoms with Gasteiger partial charge in [0.05, 0.1) is 12.9 Å². The number of nitrogens with one attached hydrogen (secondary N) is 1. The number of imidazole rings is 1. The van der Waals surface area contributed by atoms with Crippen LogP contribution in [-0.4, -0.2) is 26.5 Å². The van der Waals surface area contributed by atoms with Crippen molar-refractivity contribution < 1.29 is 4.74 Å². The van der Waals surface area contributed by atoms with Crippen molar-refractivity contribution in [1.29, 1.82) is 0 Å². The summed E-state index contributed by atoms with van der Waals surface area (Å²) in [4.78, 5) is 14.9. The lowest BCUT2D eigenvalue weighted by Crippen LogP contribution is -2.01. The van der Waals surface area contributed by atoms with E-state index < -0.39 is 0 Å². The van der Waals surface area contributed by atoms with Gasteiger partial charge in [0.15, 0.2) is 5.65 Å². The number of aromatic nitrogens is 4. The quantitative estimate of drug-likeness (QED) is 0.656. The minimum Gasteiger partial charge on any atom is -0.476 e. The highest BCUT2D eigenvalue weighted by Crippen LogP contribution is 2.20. The van der Waals surface area contributed by atoms with E-state index in [1.807, 2.05) is 6.92 Å². The van der Waals surface area contributed by atoms with E-state index in [1.165, 1.54) is 6.33 Å². The van der Waals surface area contributed by atoms with Crippen LogP contribution in [-0.2, 0) is 0 Å². The number of aromatic amines is 1. The monoisotopic (exact) mass is 238 g/mol. The Hall–Kier alpha value is -1.62. The number of nitrogens with zero attached hydrogens (tertiary/aromatic N) is 3. The van der Waals surface area contributed by atoms with E-state index in [9.17, 15) is 0 Å². The largest absolute Gasteiger partial charge is 0.476 e. The van der Waals surface area contributed by atoms with Gasteiger partial charge < -0.3 is 9.72 Å². The topological polar surface area (TPSA) is 63.7 Å². The Morgan fingerprint density at radius 2 is 2.38 bits per heavy atom. The summed E-state index contributed by atoms with van der Waals surface area (Å²) < 4.78 is 5.50. The van der Waals surface area contributed by atoms with E-state index >= 15 is 0 Å². The van der Waals surface area contributed by atoms with Gasteiger partial charge in [0.2, 0.25) is 11.2 Å². The Labute approximate surface area is 97.5 Å². The van der Waals surface area contributed by atoms with Crippen molar-refractivity contribution in [2.24, 2.45) is 0 Å². The van der Waals surface area contributed by atoms with Crippen LogP contribution in [0.25, 0.3) is 11.2 Å². The minimum absolute atomic E-state index is 0.130. The first-order valence-corrected chi connectivity index (χ1v) is 5.18. The fourth-order valence-corrected chi connectivity index (χ4v) is 1.36. The summed E-state index contributed by atoms with van der Waals surface area (Å²) in [5, 5.41) is 0.130. The standard InChI is InChI=1S/C10H11ClN4O/c1-6(2)3-4-16-9-7-8(13-5-12-7)14-10(11)15-9/h5H,1,3-4H2,2H3,(H,12,13,14,15). The van der Waals surface area contributed by atoms with Crippen molar-refractivity contribution in [2.45, 2.75) is 13.3 Å². The first-order valence-electron chi connectivity index (χ1n) is 4.80. The van der Waals surface area contributed by atoms with Gasteiger partial charge in [0.25, 0.3) is 0 Å². The van der Waals surface area contributed by atoms with Crippen LogP contribution in [0.1, 0.15) is 13.3 Å².